The molecular formula is C9H17F3N2O. The number of halogens is 3. The predicted octanol–water partition coefficient (Wildman–Crippen LogP) is 1.52. The minimum Gasteiger partial charge on any atom is -0.334 e. The van der Waals surface area contributed by atoms with Crippen molar-refractivity contribution in [1.29, 1.82) is 0 Å². The summed E-state index contributed by atoms with van der Waals surface area (Å²) in [6.07, 6.45) is -3.79. The van der Waals surface area contributed by atoms with E-state index in [4.69, 9.17) is 5.73 Å². The third-order valence-electron chi connectivity index (χ3n) is 2.07. The lowest BCUT2D eigenvalue weighted by Crippen LogP contribution is -2.41. The molecule has 1 amide bonds. The van der Waals surface area contributed by atoms with Crippen LogP contribution in [0.4, 0.5) is 13.2 Å². The number of hydrogen-bond donors (Lipinski definition) is 1. The van der Waals surface area contributed by atoms with Gasteiger partial charge in [0.25, 0.3) is 0 Å². The van der Waals surface area contributed by atoms with E-state index in [-0.39, 0.29) is 19.0 Å². The Balaban J connectivity index is 4.23. The van der Waals surface area contributed by atoms with Crippen LogP contribution < -0.4 is 5.73 Å². The van der Waals surface area contributed by atoms with Gasteiger partial charge in [0.2, 0.25) is 5.91 Å². The molecule has 0 aromatic heterocycles. The molecule has 0 fully saturated rings. The van der Waals surface area contributed by atoms with Crippen LogP contribution in [0, 0.1) is 0 Å². The Morgan fingerprint density at radius 2 is 1.93 bits per heavy atom. The molecule has 0 saturated heterocycles. The lowest BCUT2D eigenvalue weighted by atomic mass is 10.1. The summed E-state index contributed by atoms with van der Waals surface area (Å²) >= 11 is 0. The van der Waals surface area contributed by atoms with Crippen molar-refractivity contribution < 1.29 is 18.0 Å². The van der Waals surface area contributed by atoms with E-state index in [9.17, 15) is 18.0 Å². The Hall–Kier alpha value is -0.780. The summed E-state index contributed by atoms with van der Waals surface area (Å²) in [6.45, 7) is 2.16. The minimum absolute atomic E-state index is 0.0274. The Labute approximate surface area is 87.4 Å². The van der Waals surface area contributed by atoms with E-state index in [1.54, 1.807) is 6.92 Å². The van der Waals surface area contributed by atoms with E-state index in [0.717, 1.165) is 4.90 Å². The predicted molar refractivity (Wildman–Crippen MR) is 51.2 cm³/mol. The van der Waals surface area contributed by atoms with Crippen molar-refractivity contribution in [2.45, 2.75) is 38.9 Å². The highest BCUT2D eigenvalue weighted by Crippen LogP contribution is 2.17. The molecule has 0 bridgehead atoms. The first kappa shape index (κ1) is 14.2. The zero-order valence-electron chi connectivity index (χ0n) is 8.97. The van der Waals surface area contributed by atoms with Crippen LogP contribution in [0.25, 0.3) is 0 Å². The van der Waals surface area contributed by atoms with Gasteiger partial charge in [0.05, 0.1) is 0 Å². The summed E-state index contributed by atoms with van der Waals surface area (Å²) in [5.74, 6) is -0.538. The van der Waals surface area contributed by atoms with Gasteiger partial charge in [-0.25, -0.2) is 0 Å². The number of carbonyl (C=O) groups excluding carboxylic acids is 1. The first-order valence-electron chi connectivity index (χ1n) is 4.90. The summed E-state index contributed by atoms with van der Waals surface area (Å²) in [4.78, 5) is 12.1. The zero-order valence-corrected chi connectivity index (χ0v) is 8.97. The quantitative estimate of drug-likeness (QED) is 0.772. The molecule has 6 heteroatoms. The second-order valence-corrected chi connectivity index (χ2v) is 3.40. The smallest absolute Gasteiger partial charge is 0.334 e. The maximum Gasteiger partial charge on any atom is 0.406 e. The summed E-state index contributed by atoms with van der Waals surface area (Å²) in [5.41, 5.74) is 5.50. The molecule has 0 rings (SSSR count). The molecule has 90 valence electrons. The second kappa shape index (κ2) is 5.95. The maximum atomic E-state index is 12.0. The summed E-state index contributed by atoms with van der Waals surface area (Å²) < 4.78 is 36.1. The van der Waals surface area contributed by atoms with Gasteiger partial charge >= 0.3 is 6.18 Å². The van der Waals surface area contributed by atoms with Crippen molar-refractivity contribution in [2.24, 2.45) is 5.73 Å². The average Bonchev–Trinajstić information content (AvgIpc) is 2.12. The normalized spacial score (nSPS) is 13.7. The Morgan fingerprint density at radius 1 is 1.40 bits per heavy atom. The van der Waals surface area contributed by atoms with Crippen molar-refractivity contribution in [1.82, 2.24) is 4.90 Å². The number of nitrogens with two attached hydrogens (primary N) is 1. The van der Waals surface area contributed by atoms with Crippen LogP contribution in [0.15, 0.2) is 0 Å². The molecule has 1 atom stereocenters. The first-order chi connectivity index (χ1) is 6.80. The molecule has 0 aliphatic heterocycles. The van der Waals surface area contributed by atoms with Gasteiger partial charge < -0.3 is 10.6 Å². The van der Waals surface area contributed by atoms with E-state index in [0.29, 0.717) is 6.42 Å². The van der Waals surface area contributed by atoms with Crippen LogP contribution in [-0.4, -0.2) is 36.1 Å². The average molecular weight is 226 g/mol. The molecule has 2 N–H and O–H groups in total. The highest BCUT2D eigenvalue weighted by Gasteiger charge is 2.32. The van der Waals surface area contributed by atoms with Crippen molar-refractivity contribution in [3.05, 3.63) is 0 Å². The van der Waals surface area contributed by atoms with Crippen LogP contribution in [0.5, 0.6) is 0 Å². The summed E-state index contributed by atoms with van der Waals surface area (Å²) in [7, 11) is 0. The Kier molecular flexibility index (Phi) is 5.64. The van der Waals surface area contributed by atoms with Gasteiger partial charge in [0.15, 0.2) is 0 Å². The molecule has 0 aliphatic carbocycles. The molecule has 3 nitrogen and oxygen atoms in total. The number of amides is 1. The number of rotatable bonds is 5. The van der Waals surface area contributed by atoms with Gasteiger partial charge in [0, 0.05) is 19.0 Å². The topological polar surface area (TPSA) is 46.3 Å². The largest absolute Gasteiger partial charge is 0.406 e. The minimum atomic E-state index is -4.35. The molecule has 0 saturated carbocycles. The highest BCUT2D eigenvalue weighted by atomic mass is 19.4. The number of hydrogen-bond acceptors (Lipinski definition) is 2. The van der Waals surface area contributed by atoms with Crippen molar-refractivity contribution in [3.63, 3.8) is 0 Å². The fourth-order valence-electron chi connectivity index (χ4n) is 1.09. The van der Waals surface area contributed by atoms with Crippen molar-refractivity contribution >= 4 is 5.91 Å². The number of carbonyl (C=O) groups is 1. The molecule has 0 aliphatic rings. The van der Waals surface area contributed by atoms with E-state index in [2.05, 4.69) is 0 Å². The van der Waals surface area contributed by atoms with Gasteiger partial charge in [-0.15, -0.1) is 0 Å². The van der Waals surface area contributed by atoms with E-state index in [1.807, 2.05) is 0 Å². The molecular weight excluding hydrogens is 209 g/mol. The molecule has 15 heavy (non-hydrogen) atoms. The molecule has 0 spiro atoms. The fraction of sp³-hybridized carbons (Fsp3) is 0.889. The lowest BCUT2D eigenvalue weighted by Gasteiger charge is -2.23. The van der Waals surface area contributed by atoms with Crippen LogP contribution in [0.1, 0.15) is 26.7 Å². The maximum absolute atomic E-state index is 12.0. The second-order valence-electron chi connectivity index (χ2n) is 3.40. The Bertz CT molecular complexity index is 206. The third kappa shape index (κ3) is 6.33. The zero-order chi connectivity index (χ0) is 12.1. The molecule has 1 unspecified atom stereocenters. The van der Waals surface area contributed by atoms with Gasteiger partial charge in [-0.05, 0) is 13.3 Å². The monoisotopic (exact) mass is 226 g/mol. The van der Waals surface area contributed by atoms with Crippen LogP contribution in [0.3, 0.4) is 0 Å². The summed E-state index contributed by atoms with van der Waals surface area (Å²) in [6, 6.07) is -0.361. The third-order valence-corrected chi connectivity index (χ3v) is 2.07. The Morgan fingerprint density at radius 3 is 2.27 bits per heavy atom. The molecule has 0 radical (unpaired) electrons. The van der Waals surface area contributed by atoms with Crippen molar-refractivity contribution in [3.8, 4) is 0 Å². The van der Waals surface area contributed by atoms with Crippen LogP contribution in [-0.2, 0) is 4.79 Å². The van der Waals surface area contributed by atoms with Gasteiger partial charge in [-0.2, -0.15) is 13.2 Å². The first-order valence-corrected chi connectivity index (χ1v) is 4.90. The molecule has 0 aromatic rings. The highest BCUT2D eigenvalue weighted by molar-refractivity contribution is 5.76. The van der Waals surface area contributed by atoms with Gasteiger partial charge in [-0.1, -0.05) is 6.92 Å². The standard InChI is InChI=1S/C9H17F3N2O/c1-3-7(13)5-8(15)14(4-2)6-9(10,11)12/h7H,3-6,13H2,1-2H3. The van der Waals surface area contributed by atoms with Crippen LogP contribution in [0.2, 0.25) is 0 Å². The SMILES string of the molecule is CCC(N)CC(=O)N(CC)CC(F)(F)F. The fourth-order valence-corrected chi connectivity index (χ4v) is 1.09. The molecule has 0 aromatic carbocycles. The van der Waals surface area contributed by atoms with Gasteiger partial charge in [0.1, 0.15) is 6.54 Å². The van der Waals surface area contributed by atoms with Gasteiger partial charge in [-0.3, -0.25) is 4.79 Å². The molecule has 0 heterocycles. The van der Waals surface area contributed by atoms with E-state index < -0.39 is 18.6 Å². The van der Waals surface area contributed by atoms with E-state index in [1.165, 1.54) is 6.92 Å². The van der Waals surface area contributed by atoms with Crippen molar-refractivity contribution in [2.75, 3.05) is 13.1 Å². The van der Waals surface area contributed by atoms with Crippen LogP contribution >= 0.6 is 0 Å². The lowest BCUT2D eigenvalue weighted by molar-refractivity contribution is -0.161. The summed E-state index contributed by atoms with van der Waals surface area (Å²) in [5, 5.41) is 0. The number of nitrogens with zero attached hydrogens (tertiary/aromatic N) is 1. The van der Waals surface area contributed by atoms with E-state index >= 15 is 0 Å². The number of alkyl halides is 3.